The lowest BCUT2D eigenvalue weighted by atomic mass is 9.56. The Morgan fingerprint density at radius 1 is 0.800 bits per heavy atom. The number of likely N-dealkylation sites (tertiary alicyclic amines) is 1. The summed E-state index contributed by atoms with van der Waals surface area (Å²) in [7, 11) is 0. The van der Waals surface area contributed by atoms with E-state index in [0.717, 1.165) is 11.8 Å². The molecule has 136 valence electrons. The number of allylic oxidation sites excluding steroid dienone is 2. The standard InChI is InChI=1S/C24H35N/c1-4-5-6-7-8-11-14-25-15-21-22(16-25)24-18(3)17(2)23(21)19-12-9-10-13-20(19)24/h9-10,12-13,21-24H,4-8,11,14-16H2,1-3H3/t21-,22+,23+,24-. The van der Waals surface area contributed by atoms with Gasteiger partial charge in [-0.05, 0) is 49.8 Å². The fourth-order valence-corrected chi connectivity index (χ4v) is 6.08. The van der Waals surface area contributed by atoms with E-state index in [1.807, 2.05) is 0 Å². The first-order valence-corrected chi connectivity index (χ1v) is 10.7. The van der Waals surface area contributed by atoms with Crippen LogP contribution in [0, 0.1) is 11.8 Å². The number of hydrogen-bond donors (Lipinski definition) is 0. The molecule has 1 aromatic rings. The predicted octanol–water partition coefficient (Wildman–Crippen LogP) is 6.13. The molecule has 1 aliphatic heterocycles. The molecule has 2 bridgehead atoms. The maximum Gasteiger partial charge on any atom is 0.00950 e. The lowest BCUT2D eigenvalue weighted by Gasteiger charge is -2.48. The van der Waals surface area contributed by atoms with E-state index in [9.17, 15) is 0 Å². The summed E-state index contributed by atoms with van der Waals surface area (Å²) in [6.07, 6.45) is 8.46. The van der Waals surface area contributed by atoms with Crippen molar-refractivity contribution in [1.82, 2.24) is 4.90 Å². The molecule has 1 heterocycles. The third kappa shape index (κ3) is 2.99. The van der Waals surface area contributed by atoms with Gasteiger partial charge in [-0.15, -0.1) is 0 Å². The Bertz CT molecular complexity index is 596. The zero-order valence-corrected chi connectivity index (χ0v) is 16.4. The predicted molar refractivity (Wildman–Crippen MR) is 107 cm³/mol. The lowest BCUT2D eigenvalue weighted by molar-refractivity contribution is 0.288. The lowest BCUT2D eigenvalue weighted by Crippen LogP contribution is -2.38. The Hall–Kier alpha value is -1.08. The molecule has 25 heavy (non-hydrogen) atoms. The van der Waals surface area contributed by atoms with E-state index < -0.39 is 0 Å². The summed E-state index contributed by atoms with van der Waals surface area (Å²) in [6, 6.07) is 9.32. The summed E-state index contributed by atoms with van der Waals surface area (Å²) in [5.74, 6) is 3.12. The molecule has 0 spiro atoms. The zero-order valence-electron chi connectivity index (χ0n) is 16.4. The number of nitrogens with zero attached hydrogens (tertiary/aromatic N) is 1. The molecule has 1 saturated heterocycles. The Labute approximate surface area is 154 Å². The van der Waals surface area contributed by atoms with Crippen LogP contribution < -0.4 is 0 Å². The minimum atomic E-state index is 0.695. The second-order valence-electron chi connectivity index (χ2n) is 8.81. The highest BCUT2D eigenvalue weighted by atomic mass is 15.2. The first-order chi connectivity index (χ1) is 12.2. The first-order valence-electron chi connectivity index (χ1n) is 10.7. The van der Waals surface area contributed by atoms with Crippen molar-refractivity contribution in [3.05, 3.63) is 46.5 Å². The molecule has 1 nitrogen and oxygen atoms in total. The van der Waals surface area contributed by atoms with Crippen molar-refractivity contribution in [2.45, 2.75) is 71.1 Å². The minimum Gasteiger partial charge on any atom is -0.303 e. The molecule has 0 aromatic heterocycles. The van der Waals surface area contributed by atoms with Crippen LogP contribution in [0.1, 0.15) is 82.3 Å². The Kier molecular flexibility index (Phi) is 5.04. The first kappa shape index (κ1) is 17.3. The topological polar surface area (TPSA) is 3.24 Å². The smallest absolute Gasteiger partial charge is 0.00950 e. The summed E-state index contributed by atoms with van der Waals surface area (Å²) in [6.45, 7) is 11.1. The van der Waals surface area contributed by atoms with Crippen molar-refractivity contribution >= 4 is 0 Å². The second kappa shape index (κ2) is 7.27. The van der Waals surface area contributed by atoms with Crippen LogP contribution in [0.15, 0.2) is 35.4 Å². The van der Waals surface area contributed by atoms with Crippen molar-refractivity contribution in [2.75, 3.05) is 19.6 Å². The van der Waals surface area contributed by atoms with Gasteiger partial charge >= 0.3 is 0 Å². The number of benzene rings is 1. The summed E-state index contributed by atoms with van der Waals surface area (Å²) >= 11 is 0. The highest BCUT2D eigenvalue weighted by Gasteiger charge is 2.51. The van der Waals surface area contributed by atoms with E-state index in [2.05, 4.69) is 49.9 Å². The van der Waals surface area contributed by atoms with Gasteiger partial charge in [0.05, 0.1) is 0 Å². The van der Waals surface area contributed by atoms with E-state index >= 15 is 0 Å². The van der Waals surface area contributed by atoms with Crippen LogP contribution in [-0.2, 0) is 0 Å². The van der Waals surface area contributed by atoms with Crippen molar-refractivity contribution in [1.29, 1.82) is 0 Å². The van der Waals surface area contributed by atoms with Gasteiger partial charge in [0.25, 0.3) is 0 Å². The molecule has 1 aromatic carbocycles. The molecular formula is C24H35N. The Balaban J connectivity index is 1.42. The molecule has 0 saturated carbocycles. The minimum absolute atomic E-state index is 0.695. The molecule has 5 rings (SSSR count). The third-order valence-corrected chi connectivity index (χ3v) is 7.39. The average molecular weight is 338 g/mol. The summed E-state index contributed by atoms with van der Waals surface area (Å²) < 4.78 is 0. The molecule has 0 unspecified atom stereocenters. The largest absolute Gasteiger partial charge is 0.303 e. The normalized spacial score (nSPS) is 30.7. The maximum atomic E-state index is 2.80. The molecule has 4 atom stereocenters. The number of hydrogen-bond acceptors (Lipinski definition) is 1. The quantitative estimate of drug-likeness (QED) is 0.427. The Morgan fingerprint density at radius 2 is 1.32 bits per heavy atom. The Morgan fingerprint density at radius 3 is 1.88 bits per heavy atom. The van der Waals surface area contributed by atoms with Gasteiger partial charge in [0.1, 0.15) is 0 Å². The maximum absolute atomic E-state index is 2.80. The van der Waals surface area contributed by atoms with E-state index in [4.69, 9.17) is 0 Å². The SMILES string of the molecule is CCCCCCCCN1C[C@@H]2[C@H](C1)[C@@H]1C(C)=C(C)[C@H]2c2ccccc21. The monoisotopic (exact) mass is 337 g/mol. The molecule has 0 N–H and O–H groups in total. The van der Waals surface area contributed by atoms with Crippen molar-refractivity contribution < 1.29 is 0 Å². The number of rotatable bonds is 7. The van der Waals surface area contributed by atoms with E-state index in [1.165, 1.54) is 58.2 Å². The van der Waals surface area contributed by atoms with Gasteiger partial charge < -0.3 is 4.90 Å². The average Bonchev–Trinajstić information content (AvgIpc) is 3.04. The molecule has 0 radical (unpaired) electrons. The molecule has 0 amide bonds. The number of unbranched alkanes of at least 4 members (excludes halogenated alkanes) is 5. The molecule has 4 aliphatic rings. The fraction of sp³-hybridized carbons (Fsp3) is 0.667. The van der Waals surface area contributed by atoms with Crippen LogP contribution in [0.3, 0.4) is 0 Å². The van der Waals surface area contributed by atoms with Gasteiger partial charge in [-0.1, -0.05) is 74.4 Å². The van der Waals surface area contributed by atoms with Crippen LogP contribution in [0.5, 0.6) is 0 Å². The summed E-state index contributed by atoms with van der Waals surface area (Å²) in [5, 5.41) is 0. The third-order valence-electron chi connectivity index (χ3n) is 7.39. The van der Waals surface area contributed by atoms with Crippen LogP contribution in [0.2, 0.25) is 0 Å². The van der Waals surface area contributed by atoms with Crippen molar-refractivity contribution in [3.8, 4) is 0 Å². The van der Waals surface area contributed by atoms with Crippen LogP contribution in [-0.4, -0.2) is 24.5 Å². The van der Waals surface area contributed by atoms with Gasteiger partial charge in [-0.2, -0.15) is 0 Å². The molecule has 3 aliphatic carbocycles. The van der Waals surface area contributed by atoms with Crippen molar-refractivity contribution in [3.63, 3.8) is 0 Å². The van der Waals surface area contributed by atoms with Crippen LogP contribution >= 0.6 is 0 Å². The fourth-order valence-electron chi connectivity index (χ4n) is 6.08. The van der Waals surface area contributed by atoms with Crippen LogP contribution in [0.4, 0.5) is 0 Å². The highest BCUT2D eigenvalue weighted by Crippen LogP contribution is 2.59. The van der Waals surface area contributed by atoms with Gasteiger partial charge in [-0.3, -0.25) is 0 Å². The van der Waals surface area contributed by atoms with E-state index in [1.54, 1.807) is 22.3 Å². The highest BCUT2D eigenvalue weighted by molar-refractivity contribution is 5.52. The summed E-state index contributed by atoms with van der Waals surface area (Å²) in [5.41, 5.74) is 6.68. The van der Waals surface area contributed by atoms with Crippen LogP contribution in [0.25, 0.3) is 0 Å². The zero-order chi connectivity index (χ0) is 17.4. The van der Waals surface area contributed by atoms with Gasteiger partial charge in [0.15, 0.2) is 0 Å². The van der Waals surface area contributed by atoms with E-state index in [0.29, 0.717) is 11.8 Å². The second-order valence-corrected chi connectivity index (χ2v) is 8.81. The van der Waals surface area contributed by atoms with E-state index in [-0.39, 0.29) is 0 Å². The van der Waals surface area contributed by atoms with Gasteiger partial charge in [-0.25, -0.2) is 0 Å². The van der Waals surface area contributed by atoms with Crippen molar-refractivity contribution in [2.24, 2.45) is 11.8 Å². The van der Waals surface area contributed by atoms with Gasteiger partial charge in [0, 0.05) is 24.9 Å². The molecule has 1 fully saturated rings. The van der Waals surface area contributed by atoms with Gasteiger partial charge in [0.2, 0.25) is 0 Å². The summed E-state index contributed by atoms with van der Waals surface area (Å²) in [4.78, 5) is 2.80. The molecule has 1 heteroatoms. The molecular weight excluding hydrogens is 302 g/mol.